The van der Waals surface area contributed by atoms with Crippen LogP contribution in [0.15, 0.2) is 29.2 Å². The van der Waals surface area contributed by atoms with Crippen LogP contribution in [0.5, 0.6) is 0 Å². The number of carboxylic acids is 1. The van der Waals surface area contributed by atoms with Gasteiger partial charge in [-0.15, -0.1) is 0 Å². The van der Waals surface area contributed by atoms with Crippen molar-refractivity contribution in [3.05, 3.63) is 24.3 Å². The van der Waals surface area contributed by atoms with Gasteiger partial charge < -0.3 is 10.0 Å². The molecule has 2 rings (SSSR count). The molecule has 110 valence electrons. The predicted octanol–water partition coefficient (Wildman–Crippen LogP) is 1.17. The Balaban J connectivity index is 2.45. The molecule has 6 nitrogen and oxygen atoms in total. The maximum Gasteiger partial charge on any atom is 0.323 e. The highest BCUT2D eigenvalue weighted by Crippen LogP contribution is 2.31. The van der Waals surface area contributed by atoms with E-state index in [4.69, 9.17) is 10.2 Å². The smallest absolute Gasteiger partial charge is 0.323 e. The molecule has 0 heterocycles. The van der Waals surface area contributed by atoms with Crippen molar-refractivity contribution in [2.45, 2.75) is 36.6 Å². The number of carbonyl (C=O) groups is 1. The molecule has 0 spiro atoms. The lowest BCUT2D eigenvalue weighted by Crippen LogP contribution is -2.38. The van der Waals surface area contributed by atoms with Gasteiger partial charge in [-0.1, -0.05) is 25.0 Å². The van der Waals surface area contributed by atoms with Crippen molar-refractivity contribution in [3.63, 3.8) is 0 Å². The fourth-order valence-electron chi connectivity index (χ4n) is 2.71. The lowest BCUT2D eigenvalue weighted by molar-refractivity contribution is -0.135. The fraction of sp³-hybridized carbons (Fsp3) is 0.462. The van der Waals surface area contributed by atoms with E-state index in [1.54, 1.807) is 23.1 Å². The van der Waals surface area contributed by atoms with E-state index in [0.717, 1.165) is 25.7 Å². The Kier molecular flexibility index (Phi) is 4.29. The molecule has 0 saturated heterocycles. The van der Waals surface area contributed by atoms with Crippen LogP contribution in [0.1, 0.15) is 25.7 Å². The van der Waals surface area contributed by atoms with Crippen molar-refractivity contribution in [2.24, 2.45) is 5.14 Å². The van der Waals surface area contributed by atoms with E-state index in [1.165, 1.54) is 6.07 Å². The number of benzene rings is 1. The summed E-state index contributed by atoms with van der Waals surface area (Å²) in [6.45, 7) is -0.225. The molecule has 7 heteroatoms. The van der Waals surface area contributed by atoms with Gasteiger partial charge in [-0.25, -0.2) is 13.6 Å². The molecule has 1 aromatic carbocycles. The first-order chi connectivity index (χ1) is 9.39. The standard InChI is InChI=1S/C13H18N2O4S/c14-20(18,19)12-8-4-3-7-11(12)15(9-13(16)17)10-5-1-2-6-10/h3-4,7-8,10H,1-2,5-6,9H2,(H,16,17)(H2,14,18,19). The molecule has 0 unspecified atom stereocenters. The first-order valence-corrected chi connectivity index (χ1v) is 8.04. The van der Waals surface area contributed by atoms with Gasteiger partial charge in [0.1, 0.15) is 11.4 Å². The number of hydrogen-bond acceptors (Lipinski definition) is 4. The zero-order valence-electron chi connectivity index (χ0n) is 11.0. The molecule has 0 atom stereocenters. The van der Waals surface area contributed by atoms with Gasteiger partial charge in [0.05, 0.1) is 5.69 Å². The number of nitrogens with two attached hydrogens (primary N) is 1. The summed E-state index contributed by atoms with van der Waals surface area (Å²) in [5.74, 6) is -0.985. The first-order valence-electron chi connectivity index (χ1n) is 6.50. The molecule has 1 saturated carbocycles. The molecule has 0 aromatic heterocycles. The van der Waals surface area contributed by atoms with E-state index >= 15 is 0 Å². The molecule has 1 fully saturated rings. The Morgan fingerprint density at radius 3 is 2.45 bits per heavy atom. The van der Waals surface area contributed by atoms with Crippen LogP contribution in [-0.2, 0) is 14.8 Å². The largest absolute Gasteiger partial charge is 0.480 e. The number of anilines is 1. The molecule has 20 heavy (non-hydrogen) atoms. The second kappa shape index (κ2) is 5.80. The first kappa shape index (κ1) is 14.8. The van der Waals surface area contributed by atoms with Crippen LogP contribution in [0, 0.1) is 0 Å². The van der Waals surface area contributed by atoms with Crippen molar-refractivity contribution in [2.75, 3.05) is 11.4 Å². The lowest BCUT2D eigenvalue weighted by Gasteiger charge is -2.30. The molecular formula is C13H18N2O4S. The number of carboxylic acid groups (broad SMARTS) is 1. The predicted molar refractivity (Wildman–Crippen MR) is 75.1 cm³/mol. The minimum absolute atomic E-state index is 0.0202. The van der Waals surface area contributed by atoms with Crippen LogP contribution < -0.4 is 10.0 Å². The Hall–Kier alpha value is -1.60. The van der Waals surface area contributed by atoms with Crippen molar-refractivity contribution >= 4 is 21.7 Å². The Morgan fingerprint density at radius 2 is 1.90 bits per heavy atom. The number of rotatable bonds is 5. The summed E-state index contributed by atoms with van der Waals surface area (Å²) < 4.78 is 23.3. The van der Waals surface area contributed by atoms with E-state index in [0.29, 0.717) is 5.69 Å². The summed E-state index contributed by atoms with van der Waals surface area (Å²) >= 11 is 0. The van der Waals surface area contributed by atoms with Crippen LogP contribution in [0.3, 0.4) is 0 Å². The molecule has 1 aromatic rings. The second-order valence-electron chi connectivity index (χ2n) is 4.97. The maximum atomic E-state index is 11.7. The number of hydrogen-bond donors (Lipinski definition) is 2. The number of aliphatic carboxylic acids is 1. The van der Waals surface area contributed by atoms with Gasteiger partial charge in [-0.3, -0.25) is 4.79 Å². The molecule has 1 aliphatic carbocycles. The lowest BCUT2D eigenvalue weighted by atomic mass is 10.1. The molecular weight excluding hydrogens is 280 g/mol. The summed E-state index contributed by atoms with van der Waals surface area (Å²) in [5, 5.41) is 14.3. The SMILES string of the molecule is NS(=O)(=O)c1ccccc1N(CC(=O)O)C1CCCC1. The van der Waals surface area contributed by atoms with Crippen LogP contribution in [0.2, 0.25) is 0 Å². The van der Waals surface area contributed by atoms with Crippen LogP contribution in [0.25, 0.3) is 0 Å². The zero-order valence-corrected chi connectivity index (χ0v) is 11.8. The van der Waals surface area contributed by atoms with E-state index in [2.05, 4.69) is 0 Å². The zero-order chi connectivity index (χ0) is 14.8. The molecule has 0 bridgehead atoms. The van der Waals surface area contributed by atoms with Gasteiger partial charge in [0.25, 0.3) is 0 Å². The maximum absolute atomic E-state index is 11.7. The third-order valence-electron chi connectivity index (χ3n) is 3.55. The van der Waals surface area contributed by atoms with Crippen LogP contribution >= 0.6 is 0 Å². The molecule has 1 aliphatic rings. The van der Waals surface area contributed by atoms with Crippen LogP contribution in [0.4, 0.5) is 5.69 Å². The number of para-hydroxylation sites is 1. The normalized spacial score (nSPS) is 16.2. The third kappa shape index (κ3) is 3.29. The van der Waals surface area contributed by atoms with E-state index in [9.17, 15) is 13.2 Å². The molecule has 0 radical (unpaired) electrons. The minimum atomic E-state index is -3.88. The van der Waals surface area contributed by atoms with Gasteiger partial charge in [0.2, 0.25) is 10.0 Å². The van der Waals surface area contributed by atoms with Crippen molar-refractivity contribution in [1.29, 1.82) is 0 Å². The van der Waals surface area contributed by atoms with Crippen molar-refractivity contribution in [3.8, 4) is 0 Å². The van der Waals surface area contributed by atoms with Crippen LogP contribution in [-0.4, -0.2) is 32.1 Å². The monoisotopic (exact) mass is 298 g/mol. The second-order valence-corrected chi connectivity index (χ2v) is 6.50. The molecule has 3 N–H and O–H groups in total. The third-order valence-corrected chi connectivity index (χ3v) is 4.51. The summed E-state index contributed by atoms with van der Waals surface area (Å²) in [5.41, 5.74) is 0.379. The number of nitrogens with zero attached hydrogens (tertiary/aromatic N) is 1. The Bertz CT molecular complexity index is 594. The highest BCUT2D eigenvalue weighted by Gasteiger charge is 2.28. The topological polar surface area (TPSA) is 101 Å². The summed E-state index contributed by atoms with van der Waals surface area (Å²) in [4.78, 5) is 12.7. The average Bonchev–Trinajstić information content (AvgIpc) is 2.88. The highest BCUT2D eigenvalue weighted by atomic mass is 32.2. The van der Waals surface area contributed by atoms with Crippen molar-refractivity contribution in [1.82, 2.24) is 0 Å². The quantitative estimate of drug-likeness (QED) is 0.849. The number of primary sulfonamides is 1. The average molecular weight is 298 g/mol. The van der Waals surface area contributed by atoms with E-state index in [-0.39, 0.29) is 17.5 Å². The van der Waals surface area contributed by atoms with Gasteiger partial charge in [0.15, 0.2) is 0 Å². The van der Waals surface area contributed by atoms with Gasteiger partial charge >= 0.3 is 5.97 Å². The van der Waals surface area contributed by atoms with E-state index in [1.807, 2.05) is 0 Å². The van der Waals surface area contributed by atoms with Crippen molar-refractivity contribution < 1.29 is 18.3 Å². The number of sulfonamides is 1. The molecule has 0 aliphatic heterocycles. The highest BCUT2D eigenvalue weighted by molar-refractivity contribution is 7.89. The summed E-state index contributed by atoms with van der Waals surface area (Å²) in [7, 11) is -3.88. The Morgan fingerprint density at radius 1 is 1.30 bits per heavy atom. The fourth-order valence-corrected chi connectivity index (χ4v) is 3.45. The van der Waals surface area contributed by atoms with E-state index < -0.39 is 16.0 Å². The van der Waals surface area contributed by atoms with Gasteiger partial charge in [-0.05, 0) is 25.0 Å². The Labute approximate surface area is 118 Å². The van der Waals surface area contributed by atoms with Gasteiger partial charge in [0, 0.05) is 6.04 Å². The minimum Gasteiger partial charge on any atom is -0.480 e. The summed E-state index contributed by atoms with van der Waals surface area (Å²) in [6, 6.07) is 6.34. The summed E-state index contributed by atoms with van der Waals surface area (Å²) in [6.07, 6.45) is 3.79. The molecule has 0 amide bonds. The van der Waals surface area contributed by atoms with Gasteiger partial charge in [-0.2, -0.15) is 0 Å².